The first-order valence-electron chi connectivity index (χ1n) is 6.28. The van der Waals surface area contributed by atoms with Gasteiger partial charge in [0.25, 0.3) is 0 Å². The molecule has 1 aromatic rings. The molecule has 1 aliphatic heterocycles. The summed E-state index contributed by atoms with van der Waals surface area (Å²) in [6.07, 6.45) is -4.73. The first-order chi connectivity index (χ1) is 9.32. The van der Waals surface area contributed by atoms with Crippen LogP contribution in [0.15, 0.2) is 12.1 Å². The second-order valence-electron chi connectivity index (χ2n) is 4.82. The number of rotatable bonds is 2. The second kappa shape index (κ2) is 5.65. The molecule has 0 amide bonds. The van der Waals surface area contributed by atoms with Gasteiger partial charge in [-0.3, -0.25) is 4.90 Å². The quantitative estimate of drug-likeness (QED) is 0.844. The summed E-state index contributed by atoms with van der Waals surface area (Å²) in [6.45, 7) is 2.24. The van der Waals surface area contributed by atoms with Gasteiger partial charge in [-0.25, -0.2) is 8.78 Å². The van der Waals surface area contributed by atoms with E-state index in [1.807, 2.05) is 0 Å². The first-order valence-corrected chi connectivity index (χ1v) is 6.28. The van der Waals surface area contributed by atoms with E-state index in [9.17, 15) is 22.0 Å². The lowest BCUT2D eigenvalue weighted by Gasteiger charge is -2.36. The third-order valence-electron chi connectivity index (χ3n) is 3.42. The van der Waals surface area contributed by atoms with E-state index < -0.39 is 29.4 Å². The van der Waals surface area contributed by atoms with Gasteiger partial charge in [-0.05, 0) is 18.6 Å². The van der Waals surface area contributed by atoms with Crippen molar-refractivity contribution in [1.82, 2.24) is 10.2 Å². The lowest BCUT2D eigenvalue weighted by Crippen LogP contribution is -2.49. The average Bonchev–Trinajstić information content (AvgIpc) is 2.39. The van der Waals surface area contributed by atoms with E-state index in [1.54, 1.807) is 0 Å². The number of hydrogen-bond acceptors (Lipinski definition) is 2. The van der Waals surface area contributed by atoms with Crippen molar-refractivity contribution in [3.63, 3.8) is 0 Å². The highest BCUT2D eigenvalue weighted by Gasteiger charge is 2.47. The number of hydrogen-bond donors (Lipinski definition) is 1. The summed E-state index contributed by atoms with van der Waals surface area (Å²) in [5, 5.41) is 2.92. The van der Waals surface area contributed by atoms with Crippen LogP contribution in [0.3, 0.4) is 0 Å². The van der Waals surface area contributed by atoms with Crippen LogP contribution in [0.4, 0.5) is 22.0 Å². The Kier molecular flexibility index (Phi) is 4.29. The fraction of sp³-hybridized carbons (Fsp3) is 0.538. The van der Waals surface area contributed by atoms with E-state index >= 15 is 0 Å². The molecule has 2 rings (SSSR count). The molecule has 0 saturated carbocycles. The first kappa shape index (κ1) is 15.2. The number of benzene rings is 1. The molecule has 0 bridgehead atoms. The van der Waals surface area contributed by atoms with Crippen molar-refractivity contribution in [2.24, 2.45) is 0 Å². The van der Waals surface area contributed by atoms with Crippen LogP contribution in [-0.2, 0) is 0 Å². The van der Waals surface area contributed by atoms with Crippen molar-refractivity contribution in [1.29, 1.82) is 0 Å². The summed E-state index contributed by atoms with van der Waals surface area (Å²) < 4.78 is 67.7. The second-order valence-corrected chi connectivity index (χ2v) is 4.82. The van der Waals surface area contributed by atoms with E-state index in [-0.39, 0.29) is 18.7 Å². The monoisotopic (exact) mass is 294 g/mol. The maximum Gasteiger partial charge on any atom is 0.408 e. The predicted molar refractivity (Wildman–Crippen MR) is 64.3 cm³/mol. The molecule has 1 atom stereocenters. The van der Waals surface area contributed by atoms with E-state index in [4.69, 9.17) is 0 Å². The minimum atomic E-state index is -4.73. The standard InChI is InChI=1S/C13H15F5N2/c1-8-2-3-9(14)10(11(8)15)12(13(16,17)18)20-6-4-19-5-7-20/h2-3,12,19H,4-7H2,1H3/t12-/m1/s1. The minimum absolute atomic E-state index is 0.00536. The van der Waals surface area contributed by atoms with Gasteiger partial charge >= 0.3 is 6.18 Å². The molecule has 0 aliphatic carbocycles. The fourth-order valence-corrected chi connectivity index (χ4v) is 2.42. The van der Waals surface area contributed by atoms with Crippen LogP contribution < -0.4 is 5.32 Å². The van der Waals surface area contributed by atoms with Gasteiger partial charge in [0.2, 0.25) is 0 Å². The van der Waals surface area contributed by atoms with Crippen LogP contribution in [0, 0.1) is 18.6 Å². The fourth-order valence-electron chi connectivity index (χ4n) is 2.42. The van der Waals surface area contributed by atoms with Crippen molar-refractivity contribution < 1.29 is 22.0 Å². The van der Waals surface area contributed by atoms with Gasteiger partial charge in [0.15, 0.2) is 0 Å². The Balaban J connectivity index is 2.49. The molecule has 0 radical (unpaired) electrons. The van der Waals surface area contributed by atoms with Crippen molar-refractivity contribution in [2.75, 3.05) is 26.2 Å². The van der Waals surface area contributed by atoms with Gasteiger partial charge in [-0.1, -0.05) is 6.07 Å². The summed E-state index contributed by atoms with van der Waals surface area (Å²) in [7, 11) is 0. The summed E-state index contributed by atoms with van der Waals surface area (Å²) in [6, 6.07) is -0.224. The molecule has 7 heteroatoms. The van der Waals surface area contributed by atoms with E-state index in [2.05, 4.69) is 5.32 Å². The van der Waals surface area contributed by atoms with Gasteiger partial charge < -0.3 is 5.32 Å². The molecule has 1 aliphatic rings. The summed E-state index contributed by atoms with van der Waals surface area (Å²) in [5.74, 6) is -2.28. The molecule has 0 spiro atoms. The third-order valence-corrected chi connectivity index (χ3v) is 3.42. The van der Waals surface area contributed by atoms with Gasteiger partial charge in [-0.2, -0.15) is 13.2 Å². The van der Waals surface area contributed by atoms with Gasteiger partial charge in [0, 0.05) is 26.2 Å². The zero-order valence-electron chi connectivity index (χ0n) is 10.9. The smallest absolute Gasteiger partial charge is 0.314 e. The lowest BCUT2D eigenvalue weighted by atomic mass is 10.00. The van der Waals surface area contributed by atoms with Crippen LogP contribution in [-0.4, -0.2) is 37.3 Å². The number of nitrogens with zero attached hydrogens (tertiary/aromatic N) is 1. The van der Waals surface area contributed by atoms with Gasteiger partial charge in [0.05, 0.1) is 5.56 Å². The Morgan fingerprint density at radius 3 is 2.30 bits per heavy atom. The Morgan fingerprint density at radius 1 is 1.15 bits per heavy atom. The minimum Gasteiger partial charge on any atom is -0.314 e. The summed E-state index contributed by atoms with van der Waals surface area (Å²) >= 11 is 0. The molecule has 20 heavy (non-hydrogen) atoms. The Bertz CT molecular complexity index is 480. The molecular formula is C13H15F5N2. The maximum absolute atomic E-state index is 14.0. The largest absolute Gasteiger partial charge is 0.408 e. The third kappa shape index (κ3) is 2.93. The van der Waals surface area contributed by atoms with Crippen LogP contribution in [0.1, 0.15) is 17.2 Å². The van der Waals surface area contributed by atoms with Crippen molar-refractivity contribution in [3.8, 4) is 0 Å². The lowest BCUT2D eigenvalue weighted by molar-refractivity contribution is -0.189. The zero-order chi connectivity index (χ0) is 14.9. The van der Waals surface area contributed by atoms with E-state index in [0.29, 0.717) is 13.1 Å². The molecule has 1 N–H and O–H groups in total. The zero-order valence-corrected chi connectivity index (χ0v) is 10.9. The molecular weight excluding hydrogens is 279 g/mol. The van der Waals surface area contributed by atoms with Gasteiger partial charge in [0.1, 0.15) is 17.7 Å². The van der Waals surface area contributed by atoms with Crippen LogP contribution >= 0.6 is 0 Å². The van der Waals surface area contributed by atoms with Crippen molar-refractivity contribution >= 4 is 0 Å². The Morgan fingerprint density at radius 2 is 1.75 bits per heavy atom. The van der Waals surface area contributed by atoms with Crippen LogP contribution in [0.25, 0.3) is 0 Å². The predicted octanol–water partition coefficient (Wildman–Crippen LogP) is 2.78. The number of piperazine rings is 1. The highest BCUT2D eigenvalue weighted by molar-refractivity contribution is 5.30. The van der Waals surface area contributed by atoms with Crippen molar-refractivity contribution in [3.05, 3.63) is 34.9 Å². The number of alkyl halides is 3. The van der Waals surface area contributed by atoms with E-state index in [1.165, 1.54) is 6.92 Å². The number of aryl methyl sites for hydroxylation is 1. The summed E-state index contributed by atoms with van der Waals surface area (Å²) in [4.78, 5) is 1.07. The van der Waals surface area contributed by atoms with Gasteiger partial charge in [-0.15, -0.1) is 0 Å². The molecule has 0 aromatic heterocycles. The Labute approximate surface area is 113 Å². The SMILES string of the molecule is Cc1ccc(F)c([C@@H](N2CCNCC2)C(F)(F)F)c1F. The molecule has 2 nitrogen and oxygen atoms in total. The molecule has 1 heterocycles. The molecule has 0 unspecified atom stereocenters. The average molecular weight is 294 g/mol. The topological polar surface area (TPSA) is 15.3 Å². The molecule has 1 aromatic carbocycles. The van der Waals surface area contributed by atoms with Crippen molar-refractivity contribution in [2.45, 2.75) is 19.1 Å². The highest BCUT2D eigenvalue weighted by Crippen LogP contribution is 2.40. The normalized spacial score (nSPS) is 19.1. The molecule has 1 fully saturated rings. The number of nitrogens with one attached hydrogen (secondary N) is 1. The highest BCUT2D eigenvalue weighted by atomic mass is 19.4. The number of halogens is 5. The molecule has 1 saturated heterocycles. The van der Waals surface area contributed by atoms with E-state index in [0.717, 1.165) is 17.0 Å². The molecule has 112 valence electrons. The van der Waals surface area contributed by atoms with Crippen LogP contribution in [0.5, 0.6) is 0 Å². The summed E-state index contributed by atoms with van der Waals surface area (Å²) in [5.41, 5.74) is -0.898. The Hall–Kier alpha value is -1.21. The maximum atomic E-state index is 14.0. The van der Waals surface area contributed by atoms with Crippen LogP contribution in [0.2, 0.25) is 0 Å².